The van der Waals surface area contributed by atoms with Gasteiger partial charge < -0.3 is 5.73 Å². The average Bonchev–Trinajstić information content (AvgIpc) is 2.04. The summed E-state index contributed by atoms with van der Waals surface area (Å²) in [4.78, 5) is 4.16. The van der Waals surface area contributed by atoms with Crippen molar-refractivity contribution in [1.29, 1.82) is 0 Å². The van der Waals surface area contributed by atoms with Crippen molar-refractivity contribution in [2.24, 2.45) is 0 Å². The third-order valence-corrected chi connectivity index (χ3v) is 1.63. The van der Waals surface area contributed by atoms with E-state index in [4.69, 9.17) is 5.73 Å². The summed E-state index contributed by atoms with van der Waals surface area (Å²) in [6.07, 6.45) is 1.77. The second kappa shape index (κ2) is 3.41. The molecule has 62 valence electrons. The molecule has 2 N–H and O–H groups in total. The molecule has 0 aliphatic carbocycles. The third kappa shape index (κ3) is 1.48. The summed E-state index contributed by atoms with van der Waals surface area (Å²) in [5.41, 5.74) is 7.30. The number of hydrogen-bond acceptors (Lipinski definition) is 2. The third-order valence-electron chi connectivity index (χ3n) is 1.63. The van der Waals surface area contributed by atoms with Crippen LogP contribution >= 0.6 is 12.4 Å². The molecule has 0 amide bonds. The van der Waals surface area contributed by atoms with Crippen molar-refractivity contribution in [2.45, 2.75) is 0 Å². The van der Waals surface area contributed by atoms with Gasteiger partial charge in [0.15, 0.2) is 0 Å². The number of hydrogen-bond donors (Lipinski definition) is 1. The molecule has 12 heavy (non-hydrogen) atoms. The van der Waals surface area contributed by atoms with Crippen molar-refractivity contribution in [2.75, 3.05) is 5.73 Å². The summed E-state index contributed by atoms with van der Waals surface area (Å²) in [6, 6.07) is 9.65. The van der Waals surface area contributed by atoms with E-state index in [1.54, 1.807) is 6.20 Å². The lowest BCUT2D eigenvalue weighted by atomic mass is 10.2. The van der Waals surface area contributed by atoms with Crippen LogP contribution in [-0.2, 0) is 0 Å². The molecule has 2 aromatic rings. The largest absolute Gasteiger partial charge is 0.399 e. The lowest BCUT2D eigenvalue weighted by molar-refractivity contribution is 1.41. The Morgan fingerprint density at radius 2 is 2.00 bits per heavy atom. The predicted octanol–water partition coefficient (Wildman–Crippen LogP) is 2.24. The highest BCUT2D eigenvalue weighted by Crippen LogP contribution is 2.13. The minimum atomic E-state index is 0. The summed E-state index contributed by atoms with van der Waals surface area (Å²) >= 11 is 0. The molecule has 0 unspecified atom stereocenters. The number of fused-ring (bicyclic) bond motifs is 1. The Kier molecular flexibility index (Phi) is 2.51. The van der Waals surface area contributed by atoms with E-state index < -0.39 is 0 Å². The molecule has 1 heterocycles. The highest BCUT2D eigenvalue weighted by atomic mass is 35.5. The van der Waals surface area contributed by atoms with E-state index in [1.165, 1.54) is 0 Å². The van der Waals surface area contributed by atoms with E-state index in [0.29, 0.717) is 0 Å². The van der Waals surface area contributed by atoms with Crippen LogP contribution in [0.2, 0.25) is 0 Å². The summed E-state index contributed by atoms with van der Waals surface area (Å²) in [6.45, 7) is 0. The number of anilines is 1. The van der Waals surface area contributed by atoms with Crippen LogP contribution in [0.15, 0.2) is 36.5 Å². The molecule has 2 rings (SSSR count). The van der Waals surface area contributed by atoms with Crippen molar-refractivity contribution >= 4 is 29.0 Å². The number of nitrogens with zero attached hydrogens (tertiary/aromatic N) is 1. The molecule has 3 heteroatoms. The van der Waals surface area contributed by atoms with Crippen LogP contribution in [0.25, 0.3) is 10.9 Å². The van der Waals surface area contributed by atoms with E-state index in [0.717, 1.165) is 16.6 Å². The Hall–Kier alpha value is -1.28. The van der Waals surface area contributed by atoms with Gasteiger partial charge in [-0.05, 0) is 18.2 Å². The first-order valence-corrected chi connectivity index (χ1v) is 3.46. The van der Waals surface area contributed by atoms with Crippen molar-refractivity contribution in [3.05, 3.63) is 36.5 Å². The maximum Gasteiger partial charge on any atom is 0.0722 e. The van der Waals surface area contributed by atoms with Gasteiger partial charge in [-0.25, -0.2) is 0 Å². The maximum absolute atomic E-state index is 5.58. The van der Waals surface area contributed by atoms with Crippen LogP contribution in [0.3, 0.4) is 0 Å². The molecule has 0 saturated heterocycles. The summed E-state index contributed by atoms with van der Waals surface area (Å²) in [7, 11) is 0. The van der Waals surface area contributed by atoms with E-state index in [9.17, 15) is 0 Å². The quantitative estimate of drug-likeness (QED) is 0.632. The number of nitrogen functional groups attached to an aromatic ring is 1. The smallest absolute Gasteiger partial charge is 0.0722 e. The lowest BCUT2D eigenvalue weighted by Crippen LogP contribution is -1.84. The highest BCUT2D eigenvalue weighted by molar-refractivity contribution is 5.85. The van der Waals surface area contributed by atoms with Gasteiger partial charge in [0.05, 0.1) is 5.52 Å². The number of rotatable bonds is 0. The molecule has 0 bridgehead atoms. The first kappa shape index (κ1) is 8.81. The van der Waals surface area contributed by atoms with Gasteiger partial charge in [-0.2, -0.15) is 0 Å². The van der Waals surface area contributed by atoms with Crippen molar-refractivity contribution in [3.8, 4) is 0 Å². The molecular formula is C9H9ClN2. The van der Waals surface area contributed by atoms with E-state index in [2.05, 4.69) is 4.98 Å². The molecule has 0 aliphatic heterocycles. The maximum atomic E-state index is 5.58. The second-order valence-corrected chi connectivity index (χ2v) is 2.46. The molecule has 2 nitrogen and oxygen atoms in total. The van der Waals surface area contributed by atoms with Crippen molar-refractivity contribution < 1.29 is 0 Å². The zero-order chi connectivity index (χ0) is 7.68. The molecule has 1 aromatic heterocycles. The fourth-order valence-corrected chi connectivity index (χ4v) is 1.08. The number of benzene rings is 1. The molecule has 0 saturated carbocycles. The van der Waals surface area contributed by atoms with Crippen LogP contribution in [0.4, 0.5) is 5.69 Å². The van der Waals surface area contributed by atoms with Crippen LogP contribution in [0.5, 0.6) is 0 Å². The molecule has 0 fully saturated rings. The Morgan fingerprint density at radius 3 is 2.83 bits per heavy atom. The lowest BCUT2D eigenvalue weighted by Gasteiger charge is -1.95. The molecule has 0 atom stereocenters. The Labute approximate surface area is 76.8 Å². The SMILES string of the molecule is Cl.Nc1ccc2cccnc2c1. The predicted molar refractivity (Wildman–Crippen MR) is 53.4 cm³/mol. The fraction of sp³-hybridized carbons (Fsp3) is 0. The second-order valence-electron chi connectivity index (χ2n) is 2.46. The van der Waals surface area contributed by atoms with Gasteiger partial charge in [-0.15, -0.1) is 12.4 Å². The number of nitrogens with two attached hydrogens (primary N) is 1. The zero-order valence-corrected chi connectivity index (χ0v) is 7.21. The van der Waals surface area contributed by atoms with Crippen LogP contribution in [-0.4, -0.2) is 4.98 Å². The minimum Gasteiger partial charge on any atom is -0.399 e. The van der Waals surface area contributed by atoms with Gasteiger partial charge in [0, 0.05) is 17.3 Å². The Morgan fingerprint density at radius 1 is 1.17 bits per heavy atom. The first-order chi connectivity index (χ1) is 5.36. The van der Waals surface area contributed by atoms with Gasteiger partial charge in [-0.3, -0.25) is 4.98 Å². The Bertz CT molecular complexity index is 387. The van der Waals surface area contributed by atoms with Crippen LogP contribution in [0.1, 0.15) is 0 Å². The number of halogens is 1. The van der Waals surface area contributed by atoms with Gasteiger partial charge in [0.2, 0.25) is 0 Å². The van der Waals surface area contributed by atoms with Crippen LogP contribution < -0.4 is 5.73 Å². The van der Waals surface area contributed by atoms with E-state index >= 15 is 0 Å². The first-order valence-electron chi connectivity index (χ1n) is 3.46. The van der Waals surface area contributed by atoms with E-state index in [-0.39, 0.29) is 12.4 Å². The molecule has 0 aliphatic rings. The van der Waals surface area contributed by atoms with Gasteiger partial charge in [0.1, 0.15) is 0 Å². The summed E-state index contributed by atoms with van der Waals surface area (Å²) < 4.78 is 0. The van der Waals surface area contributed by atoms with Gasteiger partial charge in [0.25, 0.3) is 0 Å². The minimum absolute atomic E-state index is 0. The number of pyridine rings is 1. The summed E-state index contributed by atoms with van der Waals surface area (Å²) in [5, 5.41) is 1.13. The van der Waals surface area contributed by atoms with Gasteiger partial charge >= 0.3 is 0 Å². The van der Waals surface area contributed by atoms with Gasteiger partial charge in [-0.1, -0.05) is 12.1 Å². The van der Waals surface area contributed by atoms with E-state index in [1.807, 2.05) is 30.3 Å². The Balaban J connectivity index is 0.000000720. The normalized spacial score (nSPS) is 9.33. The topological polar surface area (TPSA) is 38.9 Å². The standard InChI is InChI=1S/C9H8N2.ClH/c10-8-4-3-7-2-1-5-11-9(7)6-8;/h1-6H,10H2;1H. The highest BCUT2D eigenvalue weighted by Gasteiger charge is 1.91. The van der Waals surface area contributed by atoms with Crippen LogP contribution in [0, 0.1) is 0 Å². The monoisotopic (exact) mass is 180 g/mol. The number of aromatic nitrogens is 1. The van der Waals surface area contributed by atoms with Crippen molar-refractivity contribution in [1.82, 2.24) is 4.98 Å². The molecule has 1 aromatic carbocycles. The van der Waals surface area contributed by atoms with Crippen molar-refractivity contribution in [3.63, 3.8) is 0 Å². The molecule has 0 spiro atoms. The fourth-order valence-electron chi connectivity index (χ4n) is 1.08. The molecule has 0 radical (unpaired) electrons. The molecular weight excluding hydrogens is 172 g/mol. The summed E-state index contributed by atoms with van der Waals surface area (Å²) in [5.74, 6) is 0. The zero-order valence-electron chi connectivity index (χ0n) is 6.40. The average molecular weight is 181 g/mol.